The fraction of sp³-hybridized carbons (Fsp3) is 0.423. The number of alkyl halides is 2. The van der Waals surface area contributed by atoms with Crippen molar-refractivity contribution in [2.45, 2.75) is 57.0 Å². The molecule has 1 aliphatic carbocycles. The van der Waals surface area contributed by atoms with Crippen LogP contribution in [0, 0.1) is 23.1 Å². The summed E-state index contributed by atoms with van der Waals surface area (Å²) in [5.41, 5.74) is 1.36. The fourth-order valence-corrected chi connectivity index (χ4v) is 4.27. The number of rotatable bonds is 9. The minimum Gasteiger partial charge on any atom is -0.316 e. The topological polar surface area (TPSA) is 33.0 Å². The van der Waals surface area contributed by atoms with Crippen molar-refractivity contribution in [2.24, 2.45) is 5.92 Å². The van der Waals surface area contributed by atoms with E-state index in [4.69, 9.17) is 10.00 Å². The molecule has 5 heteroatoms. The van der Waals surface area contributed by atoms with Crippen LogP contribution < -0.4 is 0 Å². The van der Waals surface area contributed by atoms with Crippen molar-refractivity contribution in [3.8, 4) is 6.07 Å². The zero-order chi connectivity index (χ0) is 22.3. The molecule has 0 aliphatic heterocycles. The first kappa shape index (κ1) is 23.1. The van der Waals surface area contributed by atoms with Crippen molar-refractivity contribution in [2.75, 3.05) is 6.61 Å². The molecule has 2 aromatic rings. The maximum Gasteiger partial charge on any atom is 0.383 e. The second-order valence-electron chi connectivity index (χ2n) is 8.25. The van der Waals surface area contributed by atoms with Gasteiger partial charge in [-0.05, 0) is 80.0 Å². The van der Waals surface area contributed by atoms with E-state index in [1.165, 1.54) is 43.5 Å². The molecule has 0 amide bonds. The molecule has 0 atom stereocenters. The Balaban J connectivity index is 1.52. The number of nitriles is 1. The molecule has 0 spiro atoms. The van der Waals surface area contributed by atoms with Crippen molar-refractivity contribution < 1.29 is 17.9 Å². The van der Waals surface area contributed by atoms with E-state index in [-0.39, 0.29) is 24.2 Å². The second kappa shape index (κ2) is 10.6. The van der Waals surface area contributed by atoms with Crippen LogP contribution in [0.4, 0.5) is 13.2 Å². The number of ether oxygens (including phenoxy) is 1. The molecule has 0 heterocycles. The molecule has 0 aromatic heterocycles. The van der Waals surface area contributed by atoms with E-state index in [1.54, 1.807) is 24.3 Å². The highest BCUT2D eigenvalue weighted by Crippen LogP contribution is 2.38. The molecule has 3 rings (SSSR count). The minimum atomic E-state index is -3.41. The molecule has 0 saturated heterocycles. The Kier molecular flexibility index (Phi) is 7.92. The Morgan fingerprint density at radius 3 is 2.42 bits per heavy atom. The number of allylic oxidation sites excluding steroid dienone is 1. The molecule has 0 bridgehead atoms. The molecule has 164 valence electrons. The molecular formula is C26H28F3NO. The summed E-state index contributed by atoms with van der Waals surface area (Å²) in [6.07, 6.45) is 5.47. The standard InChI is InChI=1S/C26H28F3NO/c1-2-3-4-19-5-8-21(9-6-19)22-11-13-24(14-12-22)26(28,29)31-16-15-20-7-10-23(18-30)25(27)17-20/h2,7,10-14,17,19,21H,1,3-6,8-9,15-16H2. The van der Waals surface area contributed by atoms with Crippen LogP contribution >= 0.6 is 0 Å². The zero-order valence-corrected chi connectivity index (χ0v) is 17.6. The third kappa shape index (κ3) is 6.21. The molecule has 1 saturated carbocycles. The predicted molar refractivity (Wildman–Crippen MR) is 115 cm³/mol. The maximum absolute atomic E-state index is 14.5. The summed E-state index contributed by atoms with van der Waals surface area (Å²) in [6.45, 7) is 3.53. The van der Waals surface area contributed by atoms with E-state index < -0.39 is 11.9 Å². The van der Waals surface area contributed by atoms with Crippen LogP contribution in [0.1, 0.15) is 66.7 Å². The Bertz CT molecular complexity index is 909. The van der Waals surface area contributed by atoms with Gasteiger partial charge >= 0.3 is 6.11 Å². The summed E-state index contributed by atoms with van der Waals surface area (Å²) in [7, 11) is 0. The number of hydrogen-bond donors (Lipinski definition) is 0. The van der Waals surface area contributed by atoms with Gasteiger partial charge in [0.25, 0.3) is 0 Å². The Morgan fingerprint density at radius 2 is 1.81 bits per heavy atom. The smallest absolute Gasteiger partial charge is 0.316 e. The molecule has 0 unspecified atom stereocenters. The van der Waals surface area contributed by atoms with E-state index in [2.05, 4.69) is 6.58 Å². The highest BCUT2D eigenvalue weighted by Gasteiger charge is 2.33. The highest BCUT2D eigenvalue weighted by molar-refractivity contribution is 5.33. The van der Waals surface area contributed by atoms with Crippen LogP contribution in [0.25, 0.3) is 0 Å². The normalized spacial score (nSPS) is 19.0. The van der Waals surface area contributed by atoms with Gasteiger partial charge < -0.3 is 4.74 Å². The Morgan fingerprint density at radius 1 is 1.10 bits per heavy atom. The van der Waals surface area contributed by atoms with E-state index in [0.29, 0.717) is 11.5 Å². The zero-order valence-electron chi connectivity index (χ0n) is 17.6. The van der Waals surface area contributed by atoms with Crippen LogP contribution in [0.5, 0.6) is 0 Å². The summed E-state index contributed by atoms with van der Waals surface area (Å²) in [6, 6.07) is 12.3. The van der Waals surface area contributed by atoms with Crippen molar-refractivity contribution in [1.82, 2.24) is 0 Å². The summed E-state index contributed by atoms with van der Waals surface area (Å²) in [5, 5.41) is 8.75. The SMILES string of the molecule is C=CCCC1CCC(c2ccc(C(F)(F)OCCc3ccc(C#N)c(F)c3)cc2)CC1. The molecule has 0 N–H and O–H groups in total. The number of halogens is 3. The van der Waals surface area contributed by atoms with Gasteiger partial charge in [-0.25, -0.2) is 4.39 Å². The summed E-state index contributed by atoms with van der Waals surface area (Å²) >= 11 is 0. The lowest BCUT2D eigenvalue weighted by molar-refractivity contribution is -0.248. The third-order valence-corrected chi connectivity index (χ3v) is 6.17. The molecular weight excluding hydrogens is 399 g/mol. The van der Waals surface area contributed by atoms with E-state index >= 15 is 0 Å². The molecule has 2 aromatic carbocycles. The fourth-order valence-electron chi connectivity index (χ4n) is 4.27. The first-order valence-electron chi connectivity index (χ1n) is 10.8. The molecule has 1 fully saturated rings. The van der Waals surface area contributed by atoms with Crippen LogP contribution in [0.3, 0.4) is 0 Å². The molecule has 0 radical (unpaired) electrons. The lowest BCUT2D eigenvalue weighted by atomic mass is 9.77. The van der Waals surface area contributed by atoms with Crippen molar-refractivity contribution in [3.05, 3.63) is 83.2 Å². The van der Waals surface area contributed by atoms with Gasteiger partial charge in [-0.2, -0.15) is 14.0 Å². The summed E-state index contributed by atoms with van der Waals surface area (Å²) in [4.78, 5) is 0. The van der Waals surface area contributed by atoms with Gasteiger partial charge in [-0.15, -0.1) is 6.58 Å². The van der Waals surface area contributed by atoms with Gasteiger partial charge in [0.1, 0.15) is 11.9 Å². The number of nitrogens with zero attached hydrogens (tertiary/aromatic N) is 1. The Labute approximate surface area is 182 Å². The van der Waals surface area contributed by atoms with Gasteiger partial charge in [0.2, 0.25) is 0 Å². The van der Waals surface area contributed by atoms with Crippen LogP contribution in [-0.2, 0) is 17.3 Å². The quantitative estimate of drug-likeness (QED) is 0.395. The van der Waals surface area contributed by atoms with Gasteiger partial charge in [-0.3, -0.25) is 0 Å². The van der Waals surface area contributed by atoms with Crippen molar-refractivity contribution in [3.63, 3.8) is 0 Å². The number of hydrogen-bond acceptors (Lipinski definition) is 2. The van der Waals surface area contributed by atoms with E-state index in [1.807, 2.05) is 6.08 Å². The average molecular weight is 428 g/mol. The lowest BCUT2D eigenvalue weighted by Crippen LogP contribution is -2.20. The van der Waals surface area contributed by atoms with Crippen LogP contribution in [0.15, 0.2) is 55.1 Å². The predicted octanol–water partition coefficient (Wildman–Crippen LogP) is 7.25. The molecule has 1 aliphatic rings. The summed E-state index contributed by atoms with van der Waals surface area (Å²) < 4.78 is 47.4. The first-order valence-corrected chi connectivity index (χ1v) is 10.8. The lowest BCUT2D eigenvalue weighted by Gasteiger charge is -2.29. The molecule has 31 heavy (non-hydrogen) atoms. The maximum atomic E-state index is 14.5. The second-order valence-corrected chi connectivity index (χ2v) is 8.25. The first-order chi connectivity index (χ1) is 14.9. The van der Waals surface area contributed by atoms with Gasteiger partial charge in [0.15, 0.2) is 0 Å². The van der Waals surface area contributed by atoms with Crippen molar-refractivity contribution in [1.29, 1.82) is 5.26 Å². The number of benzene rings is 2. The highest BCUT2D eigenvalue weighted by atomic mass is 19.3. The monoisotopic (exact) mass is 427 g/mol. The van der Waals surface area contributed by atoms with Gasteiger partial charge in [0.05, 0.1) is 17.7 Å². The van der Waals surface area contributed by atoms with Gasteiger partial charge in [0, 0.05) is 0 Å². The van der Waals surface area contributed by atoms with E-state index in [0.717, 1.165) is 30.7 Å². The van der Waals surface area contributed by atoms with Crippen LogP contribution in [-0.4, -0.2) is 6.61 Å². The minimum absolute atomic E-state index is 0.0691. The van der Waals surface area contributed by atoms with E-state index in [9.17, 15) is 13.2 Å². The Hall–Kier alpha value is -2.58. The van der Waals surface area contributed by atoms with Crippen molar-refractivity contribution >= 4 is 0 Å². The third-order valence-electron chi connectivity index (χ3n) is 6.17. The summed E-state index contributed by atoms with van der Waals surface area (Å²) in [5.74, 6) is 0.516. The molecule has 2 nitrogen and oxygen atoms in total. The average Bonchev–Trinajstić information content (AvgIpc) is 2.78. The van der Waals surface area contributed by atoms with Crippen LogP contribution in [0.2, 0.25) is 0 Å². The largest absolute Gasteiger partial charge is 0.383 e. The van der Waals surface area contributed by atoms with Gasteiger partial charge in [-0.1, -0.05) is 36.4 Å².